The Morgan fingerprint density at radius 1 is 1.00 bits per heavy atom. The van der Waals surface area contributed by atoms with Crippen LogP contribution in [0.4, 0.5) is 4.79 Å². The van der Waals surface area contributed by atoms with Gasteiger partial charge in [0.1, 0.15) is 11.5 Å². The second-order valence-electron chi connectivity index (χ2n) is 6.68. The third-order valence-corrected chi connectivity index (χ3v) is 6.45. The van der Waals surface area contributed by atoms with Crippen LogP contribution in [0, 0.1) is 6.92 Å². The lowest BCUT2D eigenvalue weighted by molar-refractivity contribution is -0.123. The number of carbonyl (C=O) groups excluding carboxylic acids is 2. The lowest BCUT2D eigenvalue weighted by Gasteiger charge is -2.12. The summed E-state index contributed by atoms with van der Waals surface area (Å²) in [7, 11) is 0. The summed E-state index contributed by atoms with van der Waals surface area (Å²) in [5.74, 6) is 0.730. The molecule has 30 heavy (non-hydrogen) atoms. The number of halogens is 3. The molecule has 152 valence electrons. The van der Waals surface area contributed by atoms with E-state index in [2.05, 4.69) is 0 Å². The van der Waals surface area contributed by atoms with Crippen LogP contribution in [-0.4, -0.2) is 16.0 Å². The molecule has 4 nitrogen and oxygen atoms in total. The third kappa shape index (κ3) is 4.30. The summed E-state index contributed by atoms with van der Waals surface area (Å²) < 4.78 is 5.87. The summed E-state index contributed by atoms with van der Waals surface area (Å²) in [6.07, 6.45) is 1.57. The van der Waals surface area contributed by atoms with Gasteiger partial charge in [0.2, 0.25) is 0 Å². The molecule has 1 saturated heterocycles. The van der Waals surface area contributed by atoms with Crippen LogP contribution in [0.1, 0.15) is 16.9 Å². The highest BCUT2D eigenvalue weighted by Crippen LogP contribution is 2.35. The molecule has 0 spiro atoms. The molecule has 2 aromatic carbocycles. The molecule has 0 radical (unpaired) electrons. The fourth-order valence-electron chi connectivity index (χ4n) is 3.02. The number of furan rings is 1. The monoisotopic (exact) mass is 477 g/mol. The van der Waals surface area contributed by atoms with Crippen molar-refractivity contribution < 1.29 is 14.0 Å². The topological polar surface area (TPSA) is 50.5 Å². The molecule has 8 heteroatoms. The largest absolute Gasteiger partial charge is 0.457 e. The van der Waals surface area contributed by atoms with Crippen molar-refractivity contribution in [1.82, 2.24) is 4.90 Å². The first kappa shape index (κ1) is 21.1. The van der Waals surface area contributed by atoms with E-state index in [0.29, 0.717) is 37.1 Å². The van der Waals surface area contributed by atoms with Crippen molar-refractivity contribution in [2.45, 2.75) is 13.5 Å². The van der Waals surface area contributed by atoms with Crippen molar-refractivity contribution in [3.05, 3.63) is 85.4 Å². The van der Waals surface area contributed by atoms with E-state index in [-0.39, 0.29) is 17.7 Å². The quantitative estimate of drug-likeness (QED) is 0.365. The van der Waals surface area contributed by atoms with Crippen LogP contribution in [-0.2, 0) is 11.3 Å². The minimum absolute atomic E-state index is 0.115. The van der Waals surface area contributed by atoms with Crippen molar-refractivity contribution >= 4 is 63.8 Å². The van der Waals surface area contributed by atoms with Crippen molar-refractivity contribution in [3.63, 3.8) is 0 Å². The first-order chi connectivity index (χ1) is 14.3. The first-order valence-electron chi connectivity index (χ1n) is 8.87. The molecule has 2 heterocycles. The summed E-state index contributed by atoms with van der Waals surface area (Å²) >= 11 is 18.9. The zero-order chi connectivity index (χ0) is 21.4. The molecule has 0 bridgehead atoms. The summed E-state index contributed by atoms with van der Waals surface area (Å²) in [6, 6.07) is 14.1. The van der Waals surface area contributed by atoms with Crippen molar-refractivity contribution in [2.75, 3.05) is 0 Å². The van der Waals surface area contributed by atoms with E-state index in [1.165, 1.54) is 4.90 Å². The van der Waals surface area contributed by atoms with E-state index < -0.39 is 0 Å². The number of thioether (sulfide) groups is 1. The molecular formula is C22H14Cl3NO3S. The molecular weight excluding hydrogens is 465 g/mol. The number of amides is 2. The summed E-state index contributed by atoms with van der Waals surface area (Å²) in [4.78, 5) is 26.6. The van der Waals surface area contributed by atoms with Gasteiger partial charge in [0.25, 0.3) is 11.1 Å². The molecule has 1 aliphatic heterocycles. The number of hydrogen-bond acceptors (Lipinski definition) is 4. The molecule has 4 rings (SSSR count). The average Bonchev–Trinajstić information content (AvgIpc) is 3.27. The third-order valence-electron chi connectivity index (χ3n) is 4.56. The van der Waals surface area contributed by atoms with Crippen LogP contribution in [0.5, 0.6) is 0 Å². The molecule has 0 atom stereocenters. The highest BCUT2D eigenvalue weighted by molar-refractivity contribution is 8.18. The zero-order valence-electron chi connectivity index (χ0n) is 15.6. The van der Waals surface area contributed by atoms with Crippen LogP contribution in [0.15, 0.2) is 57.9 Å². The van der Waals surface area contributed by atoms with E-state index >= 15 is 0 Å². The first-order valence-corrected chi connectivity index (χ1v) is 10.8. The van der Waals surface area contributed by atoms with Gasteiger partial charge in [-0.15, -0.1) is 0 Å². The minimum atomic E-state index is -0.382. The normalized spacial score (nSPS) is 15.5. The number of carbonyl (C=O) groups is 2. The Labute approximate surface area is 192 Å². The van der Waals surface area contributed by atoms with Gasteiger partial charge in [0.05, 0.1) is 21.5 Å². The smallest absolute Gasteiger partial charge is 0.293 e. The maximum absolute atomic E-state index is 12.7. The predicted molar refractivity (Wildman–Crippen MR) is 122 cm³/mol. The van der Waals surface area contributed by atoms with Gasteiger partial charge in [0, 0.05) is 16.7 Å². The maximum Gasteiger partial charge on any atom is 0.293 e. The summed E-state index contributed by atoms with van der Waals surface area (Å²) in [5.41, 5.74) is 2.60. The van der Waals surface area contributed by atoms with Gasteiger partial charge in [0.15, 0.2) is 0 Å². The zero-order valence-corrected chi connectivity index (χ0v) is 18.7. The van der Waals surface area contributed by atoms with Gasteiger partial charge in [-0.05, 0) is 66.2 Å². The van der Waals surface area contributed by atoms with Gasteiger partial charge in [-0.3, -0.25) is 14.5 Å². The highest BCUT2D eigenvalue weighted by Gasteiger charge is 2.35. The lowest BCUT2D eigenvalue weighted by atomic mass is 10.1. The Hall–Kier alpha value is -2.18. The number of benzene rings is 2. The van der Waals surface area contributed by atoms with E-state index in [0.717, 1.165) is 22.9 Å². The Kier molecular flexibility index (Phi) is 5.98. The molecule has 3 aromatic rings. The average molecular weight is 479 g/mol. The molecule has 2 amide bonds. The van der Waals surface area contributed by atoms with Crippen molar-refractivity contribution in [2.24, 2.45) is 0 Å². The second-order valence-corrected chi connectivity index (χ2v) is 8.92. The standard InChI is InChI=1S/C22H14Cl3NO3S/c1-12-2-4-14(23)9-16(12)19-7-5-15(29-19)10-20-21(27)26(22(28)30-20)11-13-3-6-17(24)18(25)8-13/h2-10H,11H2,1H3/b20-10-. The molecule has 1 aromatic heterocycles. The van der Waals surface area contributed by atoms with Gasteiger partial charge in [-0.2, -0.15) is 0 Å². The van der Waals surface area contributed by atoms with Crippen LogP contribution in [0.3, 0.4) is 0 Å². The van der Waals surface area contributed by atoms with Crippen LogP contribution in [0.25, 0.3) is 17.4 Å². The molecule has 0 N–H and O–H groups in total. The number of hydrogen-bond donors (Lipinski definition) is 0. The van der Waals surface area contributed by atoms with E-state index in [1.54, 1.807) is 30.3 Å². The SMILES string of the molecule is Cc1ccc(Cl)cc1-c1ccc(/C=C2\SC(=O)N(Cc3ccc(Cl)c(Cl)c3)C2=O)o1. The van der Waals surface area contributed by atoms with Gasteiger partial charge < -0.3 is 4.42 Å². The van der Waals surface area contributed by atoms with Crippen LogP contribution < -0.4 is 0 Å². The Morgan fingerprint density at radius 3 is 2.57 bits per heavy atom. The number of imide groups is 1. The number of nitrogens with zero attached hydrogens (tertiary/aromatic N) is 1. The van der Waals surface area contributed by atoms with E-state index in [9.17, 15) is 9.59 Å². The molecule has 1 fully saturated rings. The van der Waals surface area contributed by atoms with Gasteiger partial charge in [-0.1, -0.05) is 46.9 Å². The Balaban J connectivity index is 1.56. The van der Waals surface area contributed by atoms with E-state index in [1.807, 2.05) is 31.2 Å². The Bertz CT molecular complexity index is 1200. The summed E-state index contributed by atoms with van der Waals surface area (Å²) in [6.45, 7) is 2.08. The van der Waals surface area contributed by atoms with Crippen molar-refractivity contribution in [1.29, 1.82) is 0 Å². The lowest BCUT2D eigenvalue weighted by Crippen LogP contribution is -2.27. The Morgan fingerprint density at radius 2 is 1.80 bits per heavy atom. The predicted octanol–water partition coefficient (Wildman–Crippen LogP) is 7.45. The van der Waals surface area contributed by atoms with Crippen LogP contribution >= 0.6 is 46.6 Å². The highest BCUT2D eigenvalue weighted by atomic mass is 35.5. The minimum Gasteiger partial charge on any atom is -0.457 e. The second kappa shape index (κ2) is 8.52. The number of rotatable bonds is 4. The fourth-order valence-corrected chi connectivity index (χ4v) is 4.33. The molecule has 1 aliphatic rings. The molecule has 0 aliphatic carbocycles. The van der Waals surface area contributed by atoms with Gasteiger partial charge in [-0.25, -0.2) is 0 Å². The summed E-state index contributed by atoms with van der Waals surface area (Å²) in [5, 5.41) is 1.04. The van der Waals surface area contributed by atoms with E-state index in [4.69, 9.17) is 39.2 Å². The van der Waals surface area contributed by atoms with Gasteiger partial charge >= 0.3 is 0 Å². The molecule has 0 unspecified atom stereocenters. The fraction of sp³-hybridized carbons (Fsp3) is 0.0909. The van der Waals surface area contributed by atoms with Crippen LogP contribution in [0.2, 0.25) is 15.1 Å². The molecule has 0 saturated carbocycles. The van der Waals surface area contributed by atoms with Crippen molar-refractivity contribution in [3.8, 4) is 11.3 Å². The maximum atomic E-state index is 12.7. The number of aryl methyl sites for hydroxylation is 1.